The maximum Gasteiger partial charge on any atom is 0.168 e. The lowest BCUT2D eigenvalue weighted by molar-refractivity contribution is -0.164. The number of hydrogen-bond acceptors (Lipinski definition) is 4. The van der Waals surface area contributed by atoms with Crippen molar-refractivity contribution in [1.29, 1.82) is 0 Å². The Morgan fingerprint density at radius 2 is 1.85 bits per heavy atom. The molecule has 1 fully saturated rings. The molecule has 0 spiro atoms. The molecule has 1 aromatic carbocycles. The van der Waals surface area contributed by atoms with E-state index in [0.717, 1.165) is 51.3 Å². The lowest BCUT2D eigenvalue weighted by Gasteiger charge is -2.26. The first-order valence-corrected chi connectivity index (χ1v) is 10.3. The van der Waals surface area contributed by atoms with Crippen LogP contribution in [-0.2, 0) is 15.9 Å². The van der Waals surface area contributed by atoms with E-state index in [0.29, 0.717) is 0 Å². The minimum atomic E-state index is -0.283. The highest BCUT2D eigenvalue weighted by atomic mass is 16.7. The molecule has 0 saturated carbocycles. The number of hydrogen-bond donors (Lipinski definition) is 0. The number of nitrogens with zero attached hydrogens (tertiary/aromatic N) is 1. The molecule has 0 amide bonds. The van der Waals surface area contributed by atoms with Gasteiger partial charge in [-0.15, -0.1) is 0 Å². The molecule has 148 valence electrons. The summed E-state index contributed by atoms with van der Waals surface area (Å²) in [4.78, 5) is 2.55. The second kappa shape index (κ2) is 10.9. The molecule has 26 heavy (non-hydrogen) atoms. The standard InChI is InChI=1S/C22H37NO3/c1-5-22(25-16-17-26-22)13-8-7-9-14-23(6-2)15-12-20-18-21(24-4)11-10-19(20)3/h10-11,18H,5-9,12-17H2,1-4H3. The van der Waals surface area contributed by atoms with Crippen LogP contribution in [0.4, 0.5) is 0 Å². The molecule has 0 unspecified atom stereocenters. The van der Waals surface area contributed by atoms with Crippen LogP contribution in [-0.4, -0.2) is 50.6 Å². The van der Waals surface area contributed by atoms with Gasteiger partial charge >= 0.3 is 0 Å². The molecular formula is C22H37NO3. The number of unbranched alkanes of at least 4 members (excludes halogenated alkanes) is 2. The van der Waals surface area contributed by atoms with Crippen LogP contribution in [0.5, 0.6) is 5.75 Å². The molecule has 4 nitrogen and oxygen atoms in total. The van der Waals surface area contributed by atoms with Crippen LogP contribution in [0.3, 0.4) is 0 Å². The average molecular weight is 364 g/mol. The maximum absolute atomic E-state index is 5.81. The van der Waals surface area contributed by atoms with E-state index in [4.69, 9.17) is 14.2 Å². The number of likely N-dealkylation sites (N-methyl/N-ethyl adjacent to an activating group) is 1. The van der Waals surface area contributed by atoms with Gasteiger partial charge in [0.2, 0.25) is 0 Å². The number of methoxy groups -OCH3 is 1. The summed E-state index contributed by atoms with van der Waals surface area (Å²) >= 11 is 0. The van der Waals surface area contributed by atoms with Gasteiger partial charge in [-0.2, -0.15) is 0 Å². The lowest BCUT2D eigenvalue weighted by Crippen LogP contribution is -2.29. The Balaban J connectivity index is 1.67. The first-order chi connectivity index (χ1) is 12.6. The third kappa shape index (κ3) is 6.26. The van der Waals surface area contributed by atoms with Crippen LogP contribution in [0.25, 0.3) is 0 Å². The SMILES string of the molecule is CCN(CCCCCC1(CC)OCCO1)CCc1cc(OC)ccc1C. The van der Waals surface area contributed by atoms with Crippen molar-refractivity contribution < 1.29 is 14.2 Å². The van der Waals surface area contributed by atoms with Gasteiger partial charge in [0.05, 0.1) is 20.3 Å². The summed E-state index contributed by atoms with van der Waals surface area (Å²) in [5, 5.41) is 0. The highest BCUT2D eigenvalue weighted by Crippen LogP contribution is 2.29. The fourth-order valence-corrected chi connectivity index (χ4v) is 3.68. The second-order valence-electron chi connectivity index (χ2n) is 7.25. The van der Waals surface area contributed by atoms with E-state index >= 15 is 0 Å². The van der Waals surface area contributed by atoms with Gasteiger partial charge < -0.3 is 19.1 Å². The number of benzene rings is 1. The zero-order valence-corrected chi connectivity index (χ0v) is 17.2. The normalized spacial score (nSPS) is 16.3. The van der Waals surface area contributed by atoms with Crippen LogP contribution in [0, 0.1) is 6.92 Å². The van der Waals surface area contributed by atoms with Crippen molar-refractivity contribution in [2.45, 2.75) is 65.1 Å². The van der Waals surface area contributed by atoms with E-state index in [9.17, 15) is 0 Å². The third-order valence-electron chi connectivity index (χ3n) is 5.59. The van der Waals surface area contributed by atoms with Gasteiger partial charge in [0.15, 0.2) is 5.79 Å². The van der Waals surface area contributed by atoms with Crippen molar-refractivity contribution in [1.82, 2.24) is 4.90 Å². The summed E-state index contributed by atoms with van der Waals surface area (Å²) < 4.78 is 17.0. The number of aryl methyl sites for hydroxylation is 1. The molecule has 0 bridgehead atoms. The quantitative estimate of drug-likeness (QED) is 0.509. The van der Waals surface area contributed by atoms with E-state index in [1.807, 2.05) is 6.07 Å². The van der Waals surface area contributed by atoms with E-state index in [-0.39, 0.29) is 5.79 Å². The van der Waals surface area contributed by atoms with Crippen molar-refractivity contribution in [3.8, 4) is 5.75 Å². The van der Waals surface area contributed by atoms with Crippen molar-refractivity contribution in [2.24, 2.45) is 0 Å². The Morgan fingerprint density at radius 3 is 2.50 bits per heavy atom. The Hall–Kier alpha value is -1.10. The van der Waals surface area contributed by atoms with Gasteiger partial charge in [-0.05, 0) is 69.0 Å². The first kappa shape index (κ1) is 21.2. The molecule has 1 aliphatic heterocycles. The van der Waals surface area contributed by atoms with Gasteiger partial charge in [-0.1, -0.05) is 26.3 Å². The zero-order valence-electron chi connectivity index (χ0n) is 17.2. The van der Waals surface area contributed by atoms with Gasteiger partial charge in [0.1, 0.15) is 5.75 Å². The van der Waals surface area contributed by atoms with Crippen molar-refractivity contribution in [3.63, 3.8) is 0 Å². The monoisotopic (exact) mass is 363 g/mol. The molecular weight excluding hydrogens is 326 g/mol. The predicted molar refractivity (Wildman–Crippen MR) is 107 cm³/mol. The predicted octanol–water partition coefficient (Wildman–Crippen LogP) is 4.58. The number of rotatable bonds is 12. The fourth-order valence-electron chi connectivity index (χ4n) is 3.68. The third-order valence-corrected chi connectivity index (χ3v) is 5.59. The topological polar surface area (TPSA) is 30.9 Å². The first-order valence-electron chi connectivity index (χ1n) is 10.3. The molecule has 1 heterocycles. The van der Waals surface area contributed by atoms with Crippen LogP contribution < -0.4 is 4.74 Å². The average Bonchev–Trinajstić information content (AvgIpc) is 3.14. The van der Waals surface area contributed by atoms with Crippen LogP contribution in [0.2, 0.25) is 0 Å². The van der Waals surface area contributed by atoms with Gasteiger partial charge in [-0.3, -0.25) is 0 Å². The molecule has 0 N–H and O–H groups in total. The molecule has 0 aromatic heterocycles. The fraction of sp³-hybridized carbons (Fsp3) is 0.727. The summed E-state index contributed by atoms with van der Waals surface area (Å²) in [6, 6.07) is 6.37. The van der Waals surface area contributed by atoms with Crippen LogP contribution >= 0.6 is 0 Å². The largest absolute Gasteiger partial charge is 0.497 e. The summed E-state index contributed by atoms with van der Waals surface area (Å²) in [6.07, 6.45) is 6.72. The van der Waals surface area contributed by atoms with Gasteiger partial charge in [0, 0.05) is 13.0 Å². The molecule has 1 saturated heterocycles. The minimum absolute atomic E-state index is 0.283. The Labute approximate surface area is 159 Å². The summed E-state index contributed by atoms with van der Waals surface area (Å²) in [5.41, 5.74) is 2.74. The highest BCUT2D eigenvalue weighted by molar-refractivity contribution is 5.35. The lowest BCUT2D eigenvalue weighted by atomic mass is 10.0. The second-order valence-corrected chi connectivity index (χ2v) is 7.25. The Kier molecular flexibility index (Phi) is 8.89. The summed E-state index contributed by atoms with van der Waals surface area (Å²) in [7, 11) is 1.73. The van der Waals surface area contributed by atoms with E-state index in [1.165, 1.54) is 36.9 Å². The van der Waals surface area contributed by atoms with Crippen LogP contribution in [0.15, 0.2) is 18.2 Å². The summed E-state index contributed by atoms with van der Waals surface area (Å²) in [5.74, 6) is 0.670. The van der Waals surface area contributed by atoms with E-state index < -0.39 is 0 Å². The van der Waals surface area contributed by atoms with Crippen molar-refractivity contribution >= 4 is 0 Å². The number of ether oxygens (including phenoxy) is 3. The van der Waals surface area contributed by atoms with E-state index in [2.05, 4.69) is 37.8 Å². The molecule has 0 atom stereocenters. The zero-order chi connectivity index (χ0) is 18.8. The van der Waals surface area contributed by atoms with Crippen molar-refractivity contribution in [3.05, 3.63) is 29.3 Å². The van der Waals surface area contributed by atoms with Crippen molar-refractivity contribution in [2.75, 3.05) is 40.0 Å². The molecule has 0 aliphatic carbocycles. The smallest absolute Gasteiger partial charge is 0.168 e. The minimum Gasteiger partial charge on any atom is -0.497 e. The summed E-state index contributed by atoms with van der Waals surface area (Å²) in [6.45, 7) is 11.5. The molecule has 0 radical (unpaired) electrons. The Bertz CT molecular complexity index is 526. The molecule has 4 heteroatoms. The molecule has 1 aromatic rings. The van der Waals surface area contributed by atoms with Gasteiger partial charge in [0.25, 0.3) is 0 Å². The van der Waals surface area contributed by atoms with Gasteiger partial charge in [-0.25, -0.2) is 0 Å². The van der Waals surface area contributed by atoms with E-state index in [1.54, 1.807) is 7.11 Å². The Morgan fingerprint density at radius 1 is 1.08 bits per heavy atom. The molecule has 1 aliphatic rings. The highest BCUT2D eigenvalue weighted by Gasteiger charge is 2.33. The maximum atomic E-state index is 5.81. The molecule has 2 rings (SSSR count). The van der Waals surface area contributed by atoms with Crippen LogP contribution in [0.1, 0.15) is 57.1 Å².